The van der Waals surface area contributed by atoms with Gasteiger partial charge in [0.05, 0.1) is 6.61 Å². The van der Waals surface area contributed by atoms with Gasteiger partial charge in [0, 0.05) is 0 Å². The van der Waals surface area contributed by atoms with Gasteiger partial charge in [0.1, 0.15) is 6.61 Å². The Morgan fingerprint density at radius 2 is 2.25 bits per heavy atom. The van der Waals surface area contributed by atoms with Crippen LogP contribution in [0.2, 0.25) is 0 Å². The maximum atomic E-state index is 11.5. The first-order chi connectivity index (χ1) is 5.66. The smallest absolute Gasteiger partial charge is 0.261 e. The van der Waals surface area contributed by atoms with Crippen molar-refractivity contribution in [3.8, 4) is 0 Å². The third kappa shape index (κ3) is 7.41. The van der Waals surface area contributed by atoms with Crippen LogP contribution >= 0.6 is 0 Å². The molecule has 0 amide bonds. The predicted molar refractivity (Wildman–Crippen MR) is 45.4 cm³/mol. The quantitative estimate of drug-likeness (QED) is 0.446. The van der Waals surface area contributed by atoms with Crippen LogP contribution in [-0.2, 0) is 4.74 Å². The van der Waals surface area contributed by atoms with Crippen molar-refractivity contribution in [3.63, 3.8) is 0 Å². The molecular weight excluding hydrogens is 162 g/mol. The van der Waals surface area contributed by atoms with Gasteiger partial charge in [-0.15, -0.1) is 0 Å². The number of hydrogen-bond acceptors (Lipinski definition) is 1. The summed E-state index contributed by atoms with van der Waals surface area (Å²) in [6, 6.07) is 0. The molecule has 0 aromatic heterocycles. The molecule has 0 aliphatic carbocycles. The number of rotatable bonds is 6. The highest BCUT2D eigenvalue weighted by Gasteiger charge is 1.99. The van der Waals surface area contributed by atoms with Crippen LogP contribution in [0.3, 0.4) is 0 Å². The van der Waals surface area contributed by atoms with Crippen molar-refractivity contribution in [1.29, 1.82) is 0 Å². The Morgan fingerprint density at radius 1 is 1.58 bits per heavy atom. The molecular formula is C9H14F2O. The lowest BCUT2D eigenvalue weighted by Gasteiger charge is -2.00. The SMILES string of the molecule is C=C/C(C)=C\CCOCC(F)F. The van der Waals surface area contributed by atoms with E-state index in [0.29, 0.717) is 13.0 Å². The fraction of sp³-hybridized carbons (Fsp3) is 0.556. The standard InChI is InChI=1S/C9H14F2O/c1-3-8(2)5-4-6-12-7-9(10)11/h3,5,9H,1,4,6-7H2,2H3/b8-5-. The lowest BCUT2D eigenvalue weighted by Crippen LogP contribution is -2.04. The second kappa shape index (κ2) is 6.98. The lowest BCUT2D eigenvalue weighted by molar-refractivity contribution is 0.0192. The molecule has 0 aromatic carbocycles. The van der Waals surface area contributed by atoms with Gasteiger partial charge in [0.2, 0.25) is 0 Å². The largest absolute Gasteiger partial charge is 0.375 e. The summed E-state index contributed by atoms with van der Waals surface area (Å²) in [5.74, 6) is 0. The molecule has 12 heavy (non-hydrogen) atoms. The molecule has 0 heterocycles. The van der Waals surface area contributed by atoms with Crippen molar-refractivity contribution in [3.05, 3.63) is 24.3 Å². The van der Waals surface area contributed by atoms with E-state index in [1.807, 2.05) is 13.0 Å². The van der Waals surface area contributed by atoms with Crippen molar-refractivity contribution in [2.24, 2.45) is 0 Å². The molecule has 0 N–H and O–H groups in total. The highest BCUT2D eigenvalue weighted by Crippen LogP contribution is 1.97. The molecule has 0 atom stereocenters. The average Bonchev–Trinajstić information content (AvgIpc) is 2.03. The van der Waals surface area contributed by atoms with E-state index in [-0.39, 0.29) is 0 Å². The summed E-state index contributed by atoms with van der Waals surface area (Å²) in [4.78, 5) is 0. The van der Waals surface area contributed by atoms with Gasteiger partial charge >= 0.3 is 0 Å². The van der Waals surface area contributed by atoms with Gasteiger partial charge in [-0.3, -0.25) is 0 Å². The lowest BCUT2D eigenvalue weighted by atomic mass is 10.2. The molecule has 0 aliphatic heterocycles. The molecule has 0 saturated carbocycles. The van der Waals surface area contributed by atoms with Gasteiger partial charge in [-0.05, 0) is 13.3 Å². The molecule has 1 nitrogen and oxygen atoms in total. The first-order valence-corrected chi connectivity index (χ1v) is 3.82. The van der Waals surface area contributed by atoms with E-state index in [9.17, 15) is 8.78 Å². The van der Waals surface area contributed by atoms with Crippen molar-refractivity contribution in [1.82, 2.24) is 0 Å². The molecule has 0 radical (unpaired) electrons. The Morgan fingerprint density at radius 3 is 2.75 bits per heavy atom. The van der Waals surface area contributed by atoms with Crippen molar-refractivity contribution >= 4 is 0 Å². The number of alkyl halides is 2. The van der Waals surface area contributed by atoms with Crippen molar-refractivity contribution in [2.45, 2.75) is 19.8 Å². The summed E-state index contributed by atoms with van der Waals surface area (Å²) >= 11 is 0. The minimum atomic E-state index is -2.37. The summed E-state index contributed by atoms with van der Waals surface area (Å²) in [6.45, 7) is 5.33. The molecule has 3 heteroatoms. The van der Waals surface area contributed by atoms with Crippen LogP contribution in [0.25, 0.3) is 0 Å². The van der Waals surface area contributed by atoms with E-state index in [1.54, 1.807) is 6.08 Å². The van der Waals surface area contributed by atoms with Crippen LogP contribution in [0.15, 0.2) is 24.3 Å². The molecule has 0 saturated heterocycles. The number of ether oxygens (including phenoxy) is 1. The monoisotopic (exact) mass is 176 g/mol. The second-order valence-electron chi connectivity index (χ2n) is 2.41. The first-order valence-electron chi connectivity index (χ1n) is 3.82. The predicted octanol–water partition coefficient (Wildman–Crippen LogP) is 2.79. The van der Waals surface area contributed by atoms with E-state index >= 15 is 0 Å². The minimum Gasteiger partial charge on any atom is -0.375 e. The molecule has 0 unspecified atom stereocenters. The topological polar surface area (TPSA) is 9.23 Å². The first kappa shape index (κ1) is 11.3. The molecule has 0 spiro atoms. The Kier molecular flexibility index (Phi) is 6.57. The normalized spacial score (nSPS) is 12.2. The van der Waals surface area contributed by atoms with Gasteiger partial charge in [-0.2, -0.15) is 0 Å². The second-order valence-corrected chi connectivity index (χ2v) is 2.41. The molecule has 0 rings (SSSR count). The molecule has 0 aromatic rings. The Labute approximate surface area is 71.7 Å². The summed E-state index contributed by atoms with van der Waals surface area (Å²) in [6.07, 6.45) is 1.91. The average molecular weight is 176 g/mol. The van der Waals surface area contributed by atoms with E-state index in [2.05, 4.69) is 11.3 Å². The van der Waals surface area contributed by atoms with Gasteiger partial charge in [0.25, 0.3) is 6.43 Å². The van der Waals surface area contributed by atoms with Gasteiger partial charge < -0.3 is 4.74 Å². The molecule has 0 bridgehead atoms. The van der Waals surface area contributed by atoms with Crippen LogP contribution < -0.4 is 0 Å². The zero-order valence-electron chi connectivity index (χ0n) is 7.22. The van der Waals surface area contributed by atoms with Gasteiger partial charge in [-0.25, -0.2) is 8.78 Å². The van der Waals surface area contributed by atoms with Gasteiger partial charge in [-0.1, -0.05) is 24.3 Å². The Balaban J connectivity index is 3.27. The fourth-order valence-electron chi connectivity index (χ4n) is 0.626. The van der Waals surface area contributed by atoms with Crippen LogP contribution in [0.5, 0.6) is 0 Å². The van der Waals surface area contributed by atoms with E-state index in [1.165, 1.54) is 0 Å². The third-order valence-corrected chi connectivity index (χ3v) is 1.29. The summed E-state index contributed by atoms with van der Waals surface area (Å²) in [5.41, 5.74) is 1.04. The maximum Gasteiger partial charge on any atom is 0.261 e. The maximum absolute atomic E-state index is 11.5. The van der Waals surface area contributed by atoms with Crippen LogP contribution in [0, 0.1) is 0 Å². The van der Waals surface area contributed by atoms with Crippen LogP contribution in [0.1, 0.15) is 13.3 Å². The number of allylic oxidation sites excluding steroid dienone is 2. The molecule has 0 fully saturated rings. The van der Waals surface area contributed by atoms with Crippen LogP contribution in [-0.4, -0.2) is 19.6 Å². The zero-order valence-corrected chi connectivity index (χ0v) is 7.22. The third-order valence-electron chi connectivity index (χ3n) is 1.29. The van der Waals surface area contributed by atoms with Crippen molar-refractivity contribution < 1.29 is 13.5 Å². The van der Waals surface area contributed by atoms with Gasteiger partial charge in [0.15, 0.2) is 0 Å². The minimum absolute atomic E-state index is 0.343. The van der Waals surface area contributed by atoms with Crippen molar-refractivity contribution in [2.75, 3.05) is 13.2 Å². The van der Waals surface area contributed by atoms with E-state index < -0.39 is 13.0 Å². The number of halogens is 2. The summed E-state index contributed by atoms with van der Waals surface area (Å²) < 4.78 is 27.7. The Hall–Kier alpha value is -0.700. The fourth-order valence-corrected chi connectivity index (χ4v) is 0.626. The summed E-state index contributed by atoms with van der Waals surface area (Å²) in [5, 5.41) is 0. The molecule has 0 aliphatic rings. The van der Waals surface area contributed by atoms with Crippen LogP contribution in [0.4, 0.5) is 8.78 Å². The number of hydrogen-bond donors (Lipinski definition) is 0. The van der Waals surface area contributed by atoms with E-state index in [4.69, 9.17) is 0 Å². The zero-order chi connectivity index (χ0) is 9.40. The highest BCUT2D eigenvalue weighted by molar-refractivity contribution is 5.12. The summed E-state index contributed by atoms with van der Waals surface area (Å²) in [7, 11) is 0. The highest BCUT2D eigenvalue weighted by atomic mass is 19.3. The Bertz CT molecular complexity index is 153. The van der Waals surface area contributed by atoms with E-state index in [0.717, 1.165) is 5.57 Å². The molecule has 70 valence electrons.